The lowest BCUT2D eigenvalue weighted by Crippen LogP contribution is -1.88. The van der Waals surface area contributed by atoms with Crippen molar-refractivity contribution >= 4 is 22.7 Å². The van der Waals surface area contributed by atoms with E-state index in [2.05, 4.69) is 15.5 Å². The highest BCUT2D eigenvalue weighted by molar-refractivity contribution is 5.61. The Labute approximate surface area is 135 Å². The Morgan fingerprint density at radius 2 is 1.35 bits per heavy atom. The van der Waals surface area contributed by atoms with Gasteiger partial charge in [-0.3, -0.25) is 0 Å². The zero-order chi connectivity index (χ0) is 15.9. The highest BCUT2D eigenvalue weighted by Gasteiger charge is 1.99. The minimum Gasteiger partial charge on any atom is -0.494 e. The molecule has 0 saturated carbocycles. The Kier molecular flexibility index (Phi) is 4.64. The van der Waals surface area contributed by atoms with Gasteiger partial charge in [0.25, 0.3) is 0 Å². The maximum Gasteiger partial charge on any atom is 0.146 e. The molecule has 3 rings (SSSR count). The normalized spacial score (nSPS) is 10.7. The van der Waals surface area contributed by atoms with Crippen LogP contribution in [0.5, 0.6) is 5.75 Å². The minimum absolute atomic E-state index is 0.707. The lowest BCUT2D eigenvalue weighted by atomic mass is 10.2. The van der Waals surface area contributed by atoms with Crippen molar-refractivity contribution in [2.24, 2.45) is 10.2 Å². The van der Waals surface area contributed by atoms with Crippen LogP contribution in [-0.4, -0.2) is 7.11 Å². The van der Waals surface area contributed by atoms with E-state index in [1.54, 1.807) is 7.11 Å². The van der Waals surface area contributed by atoms with E-state index in [9.17, 15) is 0 Å². The fourth-order valence-corrected chi connectivity index (χ4v) is 2.12. The highest BCUT2D eigenvalue weighted by atomic mass is 16.5. The van der Waals surface area contributed by atoms with Crippen LogP contribution in [0, 0.1) is 0 Å². The van der Waals surface area contributed by atoms with Crippen LogP contribution >= 0.6 is 0 Å². The van der Waals surface area contributed by atoms with Crippen LogP contribution in [0.3, 0.4) is 0 Å². The second-order valence-corrected chi connectivity index (χ2v) is 4.91. The predicted octanol–water partition coefficient (Wildman–Crippen LogP) is 5.85. The molecule has 0 fully saturated rings. The first-order valence-electron chi connectivity index (χ1n) is 7.32. The number of azo groups is 1. The van der Waals surface area contributed by atoms with Crippen molar-refractivity contribution in [3.63, 3.8) is 0 Å². The number of rotatable bonds is 5. The lowest BCUT2D eigenvalue weighted by Gasteiger charge is -2.06. The first-order valence-corrected chi connectivity index (χ1v) is 7.32. The average Bonchev–Trinajstić information content (AvgIpc) is 2.62. The summed E-state index contributed by atoms with van der Waals surface area (Å²) in [5.74, 6) is 0.707. The van der Waals surface area contributed by atoms with Crippen LogP contribution in [0.25, 0.3) is 0 Å². The van der Waals surface area contributed by atoms with Crippen LogP contribution in [0.4, 0.5) is 22.7 Å². The van der Waals surface area contributed by atoms with E-state index in [0.717, 1.165) is 17.1 Å². The number of benzene rings is 3. The van der Waals surface area contributed by atoms with Crippen molar-refractivity contribution in [2.45, 2.75) is 0 Å². The Hall–Kier alpha value is -3.14. The van der Waals surface area contributed by atoms with E-state index in [1.807, 2.05) is 78.9 Å². The molecule has 0 spiro atoms. The number of hydrogen-bond acceptors (Lipinski definition) is 4. The number of hydrogen-bond donors (Lipinski definition) is 1. The third-order valence-corrected chi connectivity index (χ3v) is 3.29. The van der Waals surface area contributed by atoms with E-state index in [0.29, 0.717) is 11.4 Å². The van der Waals surface area contributed by atoms with Crippen LogP contribution in [0.1, 0.15) is 0 Å². The molecule has 0 saturated heterocycles. The fraction of sp³-hybridized carbons (Fsp3) is 0.0526. The Morgan fingerprint density at radius 1 is 0.696 bits per heavy atom. The second kappa shape index (κ2) is 7.22. The maximum absolute atomic E-state index is 5.26. The molecule has 0 radical (unpaired) electrons. The van der Waals surface area contributed by atoms with Crippen LogP contribution in [0.15, 0.2) is 89.1 Å². The molecule has 0 bridgehead atoms. The summed E-state index contributed by atoms with van der Waals surface area (Å²) in [6.07, 6.45) is 0. The van der Waals surface area contributed by atoms with Crippen molar-refractivity contribution in [2.75, 3.05) is 12.4 Å². The van der Waals surface area contributed by atoms with Gasteiger partial charge in [-0.1, -0.05) is 30.3 Å². The number of ether oxygens (including phenoxy) is 1. The Bertz CT molecular complexity index is 783. The summed E-state index contributed by atoms with van der Waals surface area (Å²) >= 11 is 0. The molecule has 1 N–H and O–H groups in total. The average molecular weight is 303 g/mol. The lowest BCUT2D eigenvalue weighted by molar-refractivity contribution is 0.416. The zero-order valence-electron chi connectivity index (χ0n) is 12.8. The summed E-state index contributed by atoms with van der Waals surface area (Å²) in [6, 6.07) is 25.4. The topological polar surface area (TPSA) is 46.0 Å². The summed E-state index contributed by atoms with van der Waals surface area (Å²) in [7, 11) is 1.62. The number of methoxy groups -OCH3 is 1. The summed E-state index contributed by atoms with van der Waals surface area (Å²) in [4.78, 5) is 0. The van der Waals surface area contributed by atoms with E-state index < -0.39 is 0 Å². The van der Waals surface area contributed by atoms with E-state index >= 15 is 0 Å². The maximum atomic E-state index is 5.26. The first-order chi connectivity index (χ1) is 11.3. The Morgan fingerprint density at radius 3 is 2.09 bits per heavy atom. The van der Waals surface area contributed by atoms with Crippen molar-refractivity contribution in [3.8, 4) is 5.75 Å². The van der Waals surface area contributed by atoms with Gasteiger partial charge < -0.3 is 10.1 Å². The molecular formula is C19H17N3O. The third-order valence-electron chi connectivity index (χ3n) is 3.29. The van der Waals surface area contributed by atoms with Crippen molar-refractivity contribution < 1.29 is 4.74 Å². The molecule has 0 unspecified atom stereocenters. The van der Waals surface area contributed by atoms with Gasteiger partial charge in [0.05, 0.1) is 12.8 Å². The quantitative estimate of drug-likeness (QED) is 0.600. The SMILES string of the molecule is COc1ccccc1N=Nc1ccc(Nc2ccccc2)cc1. The molecule has 3 aromatic rings. The predicted molar refractivity (Wildman–Crippen MR) is 93.3 cm³/mol. The number of nitrogens with one attached hydrogen (secondary N) is 1. The molecule has 0 amide bonds. The molecule has 0 aliphatic heterocycles. The van der Waals surface area contributed by atoms with Crippen LogP contribution in [0.2, 0.25) is 0 Å². The highest BCUT2D eigenvalue weighted by Crippen LogP contribution is 2.28. The van der Waals surface area contributed by atoms with Crippen molar-refractivity contribution in [1.29, 1.82) is 0 Å². The van der Waals surface area contributed by atoms with Crippen molar-refractivity contribution in [3.05, 3.63) is 78.9 Å². The number of nitrogens with zero attached hydrogens (tertiary/aromatic N) is 2. The third kappa shape index (κ3) is 3.95. The monoisotopic (exact) mass is 303 g/mol. The molecule has 0 aliphatic rings. The smallest absolute Gasteiger partial charge is 0.146 e. The van der Waals surface area contributed by atoms with Gasteiger partial charge in [-0.15, -0.1) is 5.11 Å². The fourth-order valence-electron chi connectivity index (χ4n) is 2.12. The van der Waals surface area contributed by atoms with Gasteiger partial charge in [0, 0.05) is 11.4 Å². The molecule has 4 nitrogen and oxygen atoms in total. The van der Waals surface area contributed by atoms with Gasteiger partial charge in [0.15, 0.2) is 0 Å². The molecular weight excluding hydrogens is 286 g/mol. The number of para-hydroxylation sites is 2. The second-order valence-electron chi connectivity index (χ2n) is 4.91. The summed E-state index contributed by atoms with van der Waals surface area (Å²) in [5, 5.41) is 11.8. The molecule has 0 aromatic heterocycles. The molecule has 114 valence electrons. The van der Waals surface area contributed by atoms with Gasteiger partial charge in [-0.2, -0.15) is 5.11 Å². The van der Waals surface area contributed by atoms with Crippen LogP contribution in [-0.2, 0) is 0 Å². The molecule has 23 heavy (non-hydrogen) atoms. The minimum atomic E-state index is 0.707. The summed E-state index contributed by atoms with van der Waals surface area (Å²) in [6.45, 7) is 0. The Balaban J connectivity index is 1.71. The molecule has 0 heterocycles. The van der Waals surface area contributed by atoms with Gasteiger partial charge in [-0.05, 0) is 48.5 Å². The molecule has 0 atom stereocenters. The van der Waals surface area contributed by atoms with Crippen LogP contribution < -0.4 is 10.1 Å². The van der Waals surface area contributed by atoms with E-state index in [4.69, 9.17) is 4.74 Å². The summed E-state index contributed by atoms with van der Waals surface area (Å²) < 4.78 is 5.26. The van der Waals surface area contributed by atoms with Gasteiger partial charge in [-0.25, -0.2) is 0 Å². The first kappa shape index (κ1) is 14.8. The largest absolute Gasteiger partial charge is 0.494 e. The molecule has 4 heteroatoms. The molecule has 0 aliphatic carbocycles. The molecule has 3 aromatic carbocycles. The van der Waals surface area contributed by atoms with E-state index in [-0.39, 0.29) is 0 Å². The zero-order valence-corrected chi connectivity index (χ0v) is 12.8. The van der Waals surface area contributed by atoms with Gasteiger partial charge in [0.1, 0.15) is 11.4 Å². The van der Waals surface area contributed by atoms with Crippen molar-refractivity contribution in [1.82, 2.24) is 0 Å². The van der Waals surface area contributed by atoms with Gasteiger partial charge in [0.2, 0.25) is 0 Å². The summed E-state index contributed by atoms with van der Waals surface area (Å²) in [5.41, 5.74) is 3.55. The van der Waals surface area contributed by atoms with Gasteiger partial charge >= 0.3 is 0 Å². The number of anilines is 2. The van der Waals surface area contributed by atoms with E-state index in [1.165, 1.54) is 0 Å². The standard InChI is InChI=1S/C19H17N3O/c1-23-19-10-6-5-9-18(19)22-21-17-13-11-16(12-14-17)20-15-7-3-2-4-8-15/h2-14,20H,1H3.